The SMILES string of the molecule is C[C@H](C(=O)N1CCCC1)[C@H]1CC[C@@]2(C)Cc3sc(NC(=O)c4cnccn4)nc3[C@@H](C)[C@@H]2[C@H]1O. The first-order chi connectivity index (χ1) is 16.3. The first-order valence-electron chi connectivity index (χ1n) is 12.3. The van der Waals surface area contributed by atoms with Gasteiger partial charge < -0.3 is 10.0 Å². The van der Waals surface area contributed by atoms with Crippen LogP contribution in [0.5, 0.6) is 0 Å². The fourth-order valence-corrected chi connectivity index (χ4v) is 7.85. The number of aromatic nitrogens is 3. The van der Waals surface area contributed by atoms with Crippen LogP contribution >= 0.6 is 11.3 Å². The molecule has 6 atom stereocenters. The number of anilines is 1. The first kappa shape index (κ1) is 23.4. The van der Waals surface area contributed by atoms with Crippen molar-refractivity contribution in [2.75, 3.05) is 18.4 Å². The quantitative estimate of drug-likeness (QED) is 0.689. The van der Waals surface area contributed by atoms with Crippen LogP contribution < -0.4 is 5.32 Å². The van der Waals surface area contributed by atoms with Crippen LogP contribution in [0.25, 0.3) is 0 Å². The fraction of sp³-hybridized carbons (Fsp3) is 0.640. The van der Waals surface area contributed by atoms with Gasteiger partial charge in [-0.15, -0.1) is 11.3 Å². The molecule has 1 aliphatic heterocycles. The van der Waals surface area contributed by atoms with Crippen molar-refractivity contribution in [3.8, 4) is 0 Å². The van der Waals surface area contributed by atoms with Crippen molar-refractivity contribution in [3.63, 3.8) is 0 Å². The highest BCUT2D eigenvalue weighted by Gasteiger charge is 2.54. The van der Waals surface area contributed by atoms with Gasteiger partial charge in [-0.3, -0.25) is 19.9 Å². The van der Waals surface area contributed by atoms with Crippen molar-refractivity contribution in [1.29, 1.82) is 0 Å². The average Bonchev–Trinajstić information content (AvgIpc) is 3.49. The summed E-state index contributed by atoms with van der Waals surface area (Å²) in [6, 6.07) is 0. The maximum Gasteiger partial charge on any atom is 0.277 e. The van der Waals surface area contributed by atoms with E-state index in [1.165, 1.54) is 34.8 Å². The van der Waals surface area contributed by atoms with Crippen LogP contribution in [0.1, 0.15) is 73.4 Å². The zero-order chi connectivity index (χ0) is 24.0. The lowest BCUT2D eigenvalue weighted by atomic mass is 9.53. The largest absolute Gasteiger partial charge is 0.392 e. The van der Waals surface area contributed by atoms with Gasteiger partial charge in [-0.2, -0.15) is 0 Å². The van der Waals surface area contributed by atoms with E-state index < -0.39 is 6.10 Å². The van der Waals surface area contributed by atoms with E-state index in [0.29, 0.717) is 5.13 Å². The van der Waals surface area contributed by atoms with E-state index in [2.05, 4.69) is 29.1 Å². The Morgan fingerprint density at radius 2 is 2.06 bits per heavy atom. The first-order valence-corrected chi connectivity index (χ1v) is 13.1. The highest BCUT2D eigenvalue weighted by molar-refractivity contribution is 7.15. The molecule has 1 saturated heterocycles. The Hall–Kier alpha value is -2.39. The standard InChI is InChI=1S/C25H33N5O3S/c1-14(23(33)30-10-4-5-11-30)16-6-7-25(3)12-18-20(15(2)19(25)21(16)31)28-24(34-18)29-22(32)17-13-26-8-9-27-17/h8-9,13-16,19,21,31H,4-7,10-12H2,1-3H3,(H,28,29,32)/t14-,15-,16+,19+,21-,25-/m0/s1. The van der Waals surface area contributed by atoms with E-state index in [1.807, 2.05) is 11.8 Å². The van der Waals surface area contributed by atoms with Gasteiger partial charge in [-0.1, -0.05) is 20.8 Å². The van der Waals surface area contributed by atoms with Gasteiger partial charge in [0.2, 0.25) is 5.91 Å². The Morgan fingerprint density at radius 3 is 2.76 bits per heavy atom. The number of likely N-dealkylation sites (tertiary alicyclic amines) is 1. The Kier molecular flexibility index (Phi) is 6.18. The predicted octanol–water partition coefficient (Wildman–Crippen LogP) is 3.50. The number of carbonyl (C=O) groups excluding carboxylic acids is 2. The fourth-order valence-electron chi connectivity index (χ4n) is 6.59. The van der Waals surface area contributed by atoms with Gasteiger partial charge in [0.15, 0.2) is 5.13 Å². The molecular weight excluding hydrogens is 450 g/mol. The molecule has 0 bridgehead atoms. The zero-order valence-corrected chi connectivity index (χ0v) is 20.8. The molecule has 2 fully saturated rings. The summed E-state index contributed by atoms with van der Waals surface area (Å²) in [4.78, 5) is 41.6. The van der Waals surface area contributed by atoms with E-state index in [4.69, 9.17) is 4.98 Å². The third kappa shape index (κ3) is 4.02. The lowest BCUT2D eigenvalue weighted by Gasteiger charge is -2.53. The van der Waals surface area contributed by atoms with Gasteiger partial charge in [0.1, 0.15) is 5.69 Å². The van der Waals surface area contributed by atoms with Crippen molar-refractivity contribution in [2.24, 2.45) is 23.2 Å². The predicted molar refractivity (Wildman–Crippen MR) is 130 cm³/mol. The normalized spacial score (nSPS) is 31.5. The lowest BCUT2D eigenvalue weighted by Crippen LogP contribution is -2.53. The van der Waals surface area contributed by atoms with E-state index in [9.17, 15) is 14.7 Å². The Morgan fingerprint density at radius 1 is 1.29 bits per heavy atom. The minimum atomic E-state index is -0.553. The molecule has 0 unspecified atom stereocenters. The highest BCUT2D eigenvalue weighted by Crippen LogP contribution is 2.57. The zero-order valence-electron chi connectivity index (χ0n) is 20.0. The van der Waals surface area contributed by atoms with Crippen LogP contribution in [0.15, 0.2) is 18.6 Å². The molecule has 3 aliphatic rings. The second-order valence-electron chi connectivity index (χ2n) is 10.5. The van der Waals surface area contributed by atoms with Gasteiger partial charge in [-0.25, -0.2) is 9.97 Å². The van der Waals surface area contributed by atoms with Crippen LogP contribution in [0, 0.1) is 23.2 Å². The number of hydrogen-bond donors (Lipinski definition) is 2. The van der Waals surface area contributed by atoms with Crippen LogP contribution in [-0.2, 0) is 11.2 Å². The van der Waals surface area contributed by atoms with Crippen molar-refractivity contribution < 1.29 is 14.7 Å². The molecule has 2 aliphatic carbocycles. The second-order valence-corrected chi connectivity index (χ2v) is 11.6. The smallest absolute Gasteiger partial charge is 0.277 e. The lowest BCUT2D eigenvalue weighted by molar-refractivity contribution is -0.143. The number of carbonyl (C=O) groups is 2. The number of fused-ring (bicyclic) bond motifs is 2. The van der Waals surface area contributed by atoms with Gasteiger partial charge in [0, 0.05) is 42.2 Å². The molecule has 2 aromatic heterocycles. The number of nitrogens with zero attached hydrogens (tertiary/aromatic N) is 4. The average molecular weight is 484 g/mol. The number of amides is 2. The van der Waals surface area contributed by atoms with Crippen LogP contribution in [0.2, 0.25) is 0 Å². The number of aliphatic hydroxyl groups excluding tert-OH is 1. The molecule has 2 aromatic rings. The van der Waals surface area contributed by atoms with Gasteiger partial charge >= 0.3 is 0 Å². The number of hydrogen-bond acceptors (Lipinski definition) is 7. The molecule has 1 saturated carbocycles. The van der Waals surface area contributed by atoms with E-state index in [-0.39, 0.29) is 46.6 Å². The van der Waals surface area contributed by atoms with E-state index in [1.54, 1.807) is 0 Å². The topological polar surface area (TPSA) is 108 Å². The molecule has 0 spiro atoms. The Labute approximate surface area is 204 Å². The molecule has 2 N–H and O–H groups in total. The third-order valence-electron chi connectivity index (χ3n) is 8.39. The molecule has 0 aromatic carbocycles. The van der Waals surface area contributed by atoms with Gasteiger partial charge in [0.25, 0.3) is 5.91 Å². The van der Waals surface area contributed by atoms with E-state index in [0.717, 1.165) is 50.9 Å². The van der Waals surface area contributed by atoms with Crippen LogP contribution in [0.4, 0.5) is 5.13 Å². The molecule has 182 valence electrons. The minimum Gasteiger partial charge on any atom is -0.392 e. The molecule has 3 heterocycles. The number of nitrogens with one attached hydrogen (secondary N) is 1. The molecule has 9 heteroatoms. The summed E-state index contributed by atoms with van der Waals surface area (Å²) in [5.74, 6) is -0.285. The highest BCUT2D eigenvalue weighted by atomic mass is 32.1. The third-order valence-corrected chi connectivity index (χ3v) is 9.37. The summed E-state index contributed by atoms with van der Waals surface area (Å²) in [5, 5.41) is 15.0. The molecule has 8 nitrogen and oxygen atoms in total. The van der Waals surface area contributed by atoms with Crippen molar-refractivity contribution in [2.45, 2.75) is 64.9 Å². The maximum absolute atomic E-state index is 13.1. The number of rotatable bonds is 4. The van der Waals surface area contributed by atoms with Crippen LogP contribution in [0.3, 0.4) is 0 Å². The summed E-state index contributed by atoms with van der Waals surface area (Å²) in [6.45, 7) is 8.08. The summed E-state index contributed by atoms with van der Waals surface area (Å²) in [7, 11) is 0. The second kappa shape index (κ2) is 9.00. The number of aliphatic hydroxyl groups is 1. The molecule has 2 amide bonds. The van der Waals surface area contributed by atoms with Crippen molar-refractivity contribution >= 4 is 28.3 Å². The maximum atomic E-state index is 13.1. The molecular formula is C25H33N5O3S. The Bertz CT molecular complexity index is 1070. The molecule has 5 rings (SSSR count). The number of thiazole rings is 1. The summed E-state index contributed by atoms with van der Waals surface area (Å²) in [6.07, 6.45) is 8.70. The Balaban J connectivity index is 1.35. The molecule has 0 radical (unpaired) electrons. The molecule has 34 heavy (non-hydrogen) atoms. The van der Waals surface area contributed by atoms with E-state index >= 15 is 0 Å². The summed E-state index contributed by atoms with van der Waals surface area (Å²) < 4.78 is 0. The monoisotopic (exact) mass is 483 g/mol. The van der Waals surface area contributed by atoms with Gasteiger partial charge in [-0.05, 0) is 49.4 Å². The van der Waals surface area contributed by atoms with Crippen LogP contribution in [-0.4, -0.2) is 56.0 Å². The van der Waals surface area contributed by atoms with Crippen molar-refractivity contribution in [1.82, 2.24) is 19.9 Å². The summed E-state index contributed by atoms with van der Waals surface area (Å²) in [5.41, 5.74) is 1.15. The minimum absolute atomic E-state index is 0.0261. The summed E-state index contributed by atoms with van der Waals surface area (Å²) >= 11 is 1.51. The van der Waals surface area contributed by atoms with Crippen molar-refractivity contribution in [3.05, 3.63) is 34.9 Å². The van der Waals surface area contributed by atoms with Gasteiger partial charge in [0.05, 0.1) is 18.0 Å².